The van der Waals surface area contributed by atoms with Crippen LogP contribution in [-0.2, 0) is 9.53 Å². The Morgan fingerprint density at radius 2 is 1.91 bits per heavy atom. The van der Waals surface area contributed by atoms with Crippen LogP contribution in [0.2, 0.25) is 5.02 Å². The molecule has 0 atom stereocenters. The quantitative estimate of drug-likeness (QED) is 0.234. The van der Waals surface area contributed by atoms with Gasteiger partial charge in [-0.05, 0) is 37.1 Å². The van der Waals surface area contributed by atoms with Crippen LogP contribution in [0, 0.1) is 0 Å². The van der Waals surface area contributed by atoms with Crippen molar-refractivity contribution in [1.82, 2.24) is 10.6 Å². The Bertz CT molecular complexity index is 495. The number of carbonyl (C=O) groups excluding carboxylic acids is 1. The van der Waals surface area contributed by atoms with E-state index in [0.29, 0.717) is 6.42 Å². The second kappa shape index (κ2) is 12.1. The standard InChI is InChI=1S/C16H24ClN3O2S/c1-18-16(19-10-4-3-5-15(21)22-2)20-11-12-23-14-8-6-13(17)7-9-14/h6-9H,3-5,10-12H2,1-2H3,(H2,18,19,20). The van der Waals surface area contributed by atoms with Gasteiger partial charge in [-0.1, -0.05) is 11.6 Å². The number of aliphatic imine (C=N–C) groups is 1. The van der Waals surface area contributed by atoms with Gasteiger partial charge < -0.3 is 15.4 Å². The number of esters is 1. The molecule has 128 valence electrons. The molecule has 0 saturated heterocycles. The van der Waals surface area contributed by atoms with Crippen LogP contribution in [0.4, 0.5) is 0 Å². The number of hydrogen-bond acceptors (Lipinski definition) is 4. The van der Waals surface area contributed by atoms with Crippen LogP contribution < -0.4 is 10.6 Å². The molecule has 5 nitrogen and oxygen atoms in total. The van der Waals surface area contributed by atoms with Crippen molar-refractivity contribution in [3.05, 3.63) is 29.3 Å². The number of guanidine groups is 1. The lowest BCUT2D eigenvalue weighted by atomic mass is 10.2. The van der Waals surface area contributed by atoms with E-state index in [-0.39, 0.29) is 5.97 Å². The maximum atomic E-state index is 11.0. The topological polar surface area (TPSA) is 62.7 Å². The van der Waals surface area contributed by atoms with Crippen LogP contribution in [-0.4, -0.2) is 44.9 Å². The SMILES string of the molecule is CN=C(NCCCCC(=O)OC)NCCSc1ccc(Cl)cc1. The summed E-state index contributed by atoms with van der Waals surface area (Å²) >= 11 is 7.62. The van der Waals surface area contributed by atoms with Crippen LogP contribution in [0.15, 0.2) is 34.2 Å². The zero-order valence-electron chi connectivity index (χ0n) is 13.6. The minimum Gasteiger partial charge on any atom is -0.469 e. The summed E-state index contributed by atoms with van der Waals surface area (Å²) in [5.74, 6) is 1.55. The first-order valence-electron chi connectivity index (χ1n) is 7.55. The van der Waals surface area contributed by atoms with Crippen LogP contribution in [0.3, 0.4) is 0 Å². The Labute approximate surface area is 147 Å². The number of unbranched alkanes of at least 4 members (excludes halogenated alkanes) is 1. The second-order valence-electron chi connectivity index (χ2n) is 4.76. The number of carbonyl (C=O) groups is 1. The Kier molecular flexibility index (Phi) is 10.3. The number of nitrogens with zero attached hydrogens (tertiary/aromatic N) is 1. The van der Waals surface area contributed by atoms with Crippen molar-refractivity contribution in [3.8, 4) is 0 Å². The smallest absolute Gasteiger partial charge is 0.305 e. The highest BCUT2D eigenvalue weighted by atomic mass is 35.5. The third-order valence-electron chi connectivity index (χ3n) is 3.03. The van der Waals surface area contributed by atoms with Gasteiger partial charge in [0, 0.05) is 42.2 Å². The van der Waals surface area contributed by atoms with E-state index >= 15 is 0 Å². The van der Waals surface area contributed by atoms with E-state index in [2.05, 4.69) is 20.4 Å². The number of hydrogen-bond donors (Lipinski definition) is 2. The molecule has 0 amide bonds. The van der Waals surface area contributed by atoms with Gasteiger partial charge in [0.25, 0.3) is 0 Å². The van der Waals surface area contributed by atoms with Crippen molar-refractivity contribution in [1.29, 1.82) is 0 Å². The highest BCUT2D eigenvalue weighted by Gasteiger charge is 2.01. The molecule has 0 fully saturated rings. The van der Waals surface area contributed by atoms with Gasteiger partial charge in [0.05, 0.1) is 7.11 Å². The minimum absolute atomic E-state index is 0.160. The van der Waals surface area contributed by atoms with Crippen LogP contribution in [0.5, 0.6) is 0 Å². The summed E-state index contributed by atoms with van der Waals surface area (Å²) in [5, 5.41) is 7.24. The van der Waals surface area contributed by atoms with E-state index in [0.717, 1.165) is 42.7 Å². The van der Waals surface area contributed by atoms with Crippen molar-refractivity contribution in [2.24, 2.45) is 4.99 Å². The van der Waals surface area contributed by atoms with Gasteiger partial charge >= 0.3 is 5.97 Å². The number of methoxy groups -OCH3 is 1. The second-order valence-corrected chi connectivity index (χ2v) is 6.37. The van der Waals surface area contributed by atoms with E-state index in [1.54, 1.807) is 18.8 Å². The first-order valence-corrected chi connectivity index (χ1v) is 8.91. The van der Waals surface area contributed by atoms with Gasteiger partial charge in [-0.25, -0.2) is 0 Å². The zero-order chi connectivity index (χ0) is 16.9. The number of halogens is 1. The fraction of sp³-hybridized carbons (Fsp3) is 0.500. The van der Waals surface area contributed by atoms with E-state index in [9.17, 15) is 4.79 Å². The number of thioether (sulfide) groups is 1. The summed E-state index contributed by atoms with van der Waals surface area (Å²) < 4.78 is 4.60. The van der Waals surface area contributed by atoms with Gasteiger partial charge in [0.1, 0.15) is 0 Å². The Balaban J connectivity index is 2.09. The van der Waals surface area contributed by atoms with E-state index < -0.39 is 0 Å². The lowest BCUT2D eigenvalue weighted by Crippen LogP contribution is -2.38. The third kappa shape index (κ3) is 9.36. The molecular formula is C16H24ClN3O2S. The summed E-state index contributed by atoms with van der Waals surface area (Å²) in [5.41, 5.74) is 0. The fourth-order valence-corrected chi connectivity index (χ4v) is 2.69. The van der Waals surface area contributed by atoms with Gasteiger partial charge in [0.2, 0.25) is 0 Å². The predicted molar refractivity (Wildman–Crippen MR) is 97.4 cm³/mol. The van der Waals surface area contributed by atoms with E-state index in [1.807, 2.05) is 24.3 Å². The lowest BCUT2D eigenvalue weighted by Gasteiger charge is -2.11. The van der Waals surface area contributed by atoms with Crippen LogP contribution >= 0.6 is 23.4 Å². The van der Waals surface area contributed by atoms with Gasteiger partial charge in [-0.15, -0.1) is 11.8 Å². The highest BCUT2D eigenvalue weighted by Crippen LogP contribution is 2.19. The molecule has 0 aliphatic heterocycles. The summed E-state index contributed by atoms with van der Waals surface area (Å²) in [4.78, 5) is 16.4. The minimum atomic E-state index is -0.160. The molecule has 0 heterocycles. The normalized spacial score (nSPS) is 11.2. The van der Waals surface area contributed by atoms with E-state index in [1.165, 1.54) is 12.0 Å². The number of rotatable bonds is 9. The molecule has 2 N–H and O–H groups in total. The van der Waals surface area contributed by atoms with Gasteiger partial charge in [-0.2, -0.15) is 0 Å². The number of benzene rings is 1. The molecule has 1 aromatic rings. The lowest BCUT2D eigenvalue weighted by molar-refractivity contribution is -0.140. The third-order valence-corrected chi connectivity index (χ3v) is 4.29. The van der Waals surface area contributed by atoms with Crippen molar-refractivity contribution in [2.75, 3.05) is 33.0 Å². The molecule has 0 aliphatic rings. The maximum absolute atomic E-state index is 11.0. The van der Waals surface area contributed by atoms with Crippen molar-refractivity contribution >= 4 is 35.3 Å². The fourth-order valence-electron chi connectivity index (χ4n) is 1.79. The molecule has 1 aromatic carbocycles. The molecule has 0 radical (unpaired) electrons. The first-order chi connectivity index (χ1) is 11.2. The van der Waals surface area contributed by atoms with Crippen molar-refractivity contribution < 1.29 is 9.53 Å². The Morgan fingerprint density at radius 3 is 2.57 bits per heavy atom. The van der Waals surface area contributed by atoms with Crippen LogP contribution in [0.25, 0.3) is 0 Å². The molecule has 0 spiro atoms. The van der Waals surface area contributed by atoms with Gasteiger partial charge in [0.15, 0.2) is 5.96 Å². The summed E-state index contributed by atoms with van der Waals surface area (Å²) in [6, 6.07) is 7.82. The highest BCUT2D eigenvalue weighted by molar-refractivity contribution is 7.99. The molecule has 0 unspecified atom stereocenters. The molecule has 1 rings (SSSR count). The van der Waals surface area contributed by atoms with Crippen LogP contribution in [0.1, 0.15) is 19.3 Å². The molecule has 0 bridgehead atoms. The molecule has 0 saturated carbocycles. The van der Waals surface area contributed by atoms with Crippen molar-refractivity contribution in [3.63, 3.8) is 0 Å². The molecule has 0 aliphatic carbocycles. The molecule has 0 aromatic heterocycles. The Morgan fingerprint density at radius 1 is 1.22 bits per heavy atom. The first kappa shape index (κ1) is 19.6. The number of ether oxygens (including phenoxy) is 1. The molecule has 7 heteroatoms. The average molecular weight is 358 g/mol. The number of nitrogens with one attached hydrogen (secondary N) is 2. The monoisotopic (exact) mass is 357 g/mol. The van der Waals surface area contributed by atoms with Crippen molar-refractivity contribution in [2.45, 2.75) is 24.2 Å². The maximum Gasteiger partial charge on any atom is 0.305 e. The average Bonchev–Trinajstić information content (AvgIpc) is 2.57. The summed E-state index contributed by atoms with van der Waals surface area (Å²) in [7, 11) is 3.16. The Hall–Kier alpha value is -1.40. The van der Waals surface area contributed by atoms with Gasteiger partial charge in [-0.3, -0.25) is 9.79 Å². The summed E-state index contributed by atoms with van der Waals surface area (Å²) in [6.07, 6.45) is 2.17. The molecular weight excluding hydrogens is 334 g/mol. The predicted octanol–water partition coefficient (Wildman–Crippen LogP) is 2.94. The molecule has 23 heavy (non-hydrogen) atoms. The zero-order valence-corrected chi connectivity index (χ0v) is 15.2. The summed E-state index contributed by atoms with van der Waals surface area (Å²) in [6.45, 7) is 1.59. The van der Waals surface area contributed by atoms with E-state index in [4.69, 9.17) is 11.6 Å². The largest absolute Gasteiger partial charge is 0.469 e.